The molecule has 0 N–H and O–H groups in total. The van der Waals surface area contributed by atoms with Gasteiger partial charge in [0.05, 0.1) is 4.92 Å². The summed E-state index contributed by atoms with van der Waals surface area (Å²) in [5, 5.41) is 11.4. The number of halogens is 1. The maximum Gasteiger partial charge on any atom is 0.269 e. The predicted octanol–water partition coefficient (Wildman–Crippen LogP) is 4.07. The van der Waals surface area contributed by atoms with E-state index in [1.54, 1.807) is 6.07 Å². The van der Waals surface area contributed by atoms with Crippen LogP contribution in [0.25, 0.3) is 0 Å². The number of nitro benzene ring substituents is 1. The molecule has 4 nitrogen and oxygen atoms in total. The van der Waals surface area contributed by atoms with Crippen molar-refractivity contribution in [3.63, 3.8) is 0 Å². The van der Waals surface area contributed by atoms with Crippen LogP contribution in [-0.2, 0) is 11.9 Å². The van der Waals surface area contributed by atoms with Crippen molar-refractivity contribution >= 4 is 21.6 Å². The highest BCUT2D eigenvalue weighted by Crippen LogP contribution is 2.22. The third-order valence-electron chi connectivity index (χ3n) is 2.63. The molecule has 0 aliphatic heterocycles. The van der Waals surface area contributed by atoms with Gasteiger partial charge in [-0.25, -0.2) is 0 Å². The number of para-hydroxylation sites is 1. The topological polar surface area (TPSA) is 52.4 Å². The Morgan fingerprint density at radius 1 is 1.16 bits per heavy atom. The SMILES string of the molecule is O=[N+]([O-])c1cccc(COc2ccccc2CBr)c1. The smallest absolute Gasteiger partial charge is 0.269 e. The Morgan fingerprint density at radius 2 is 1.95 bits per heavy atom. The molecule has 2 aromatic carbocycles. The van der Waals surface area contributed by atoms with Gasteiger partial charge in [-0.3, -0.25) is 10.1 Å². The van der Waals surface area contributed by atoms with Crippen molar-refractivity contribution < 1.29 is 9.66 Å². The molecule has 0 amide bonds. The first kappa shape index (κ1) is 13.5. The molecule has 0 fully saturated rings. The van der Waals surface area contributed by atoms with Gasteiger partial charge in [0.1, 0.15) is 12.4 Å². The van der Waals surface area contributed by atoms with Crippen molar-refractivity contribution in [2.24, 2.45) is 0 Å². The van der Waals surface area contributed by atoms with E-state index in [4.69, 9.17) is 4.74 Å². The highest BCUT2D eigenvalue weighted by Gasteiger charge is 2.07. The van der Waals surface area contributed by atoms with Crippen LogP contribution in [0.1, 0.15) is 11.1 Å². The number of benzene rings is 2. The lowest BCUT2D eigenvalue weighted by Gasteiger charge is -2.09. The Hall–Kier alpha value is -1.88. The Labute approximate surface area is 119 Å². The molecule has 0 unspecified atom stereocenters. The zero-order valence-electron chi connectivity index (χ0n) is 10.1. The van der Waals surface area contributed by atoms with Gasteiger partial charge in [0, 0.05) is 23.0 Å². The van der Waals surface area contributed by atoms with E-state index in [0.29, 0.717) is 11.9 Å². The van der Waals surface area contributed by atoms with Crippen molar-refractivity contribution in [1.29, 1.82) is 0 Å². The lowest BCUT2D eigenvalue weighted by molar-refractivity contribution is -0.384. The number of nitro groups is 1. The fourth-order valence-corrected chi connectivity index (χ4v) is 2.14. The Kier molecular flexibility index (Phi) is 4.52. The second-order valence-electron chi connectivity index (χ2n) is 3.96. The summed E-state index contributed by atoms with van der Waals surface area (Å²) in [5.74, 6) is 0.783. The summed E-state index contributed by atoms with van der Waals surface area (Å²) in [4.78, 5) is 10.3. The molecule has 2 aromatic rings. The van der Waals surface area contributed by atoms with E-state index >= 15 is 0 Å². The van der Waals surface area contributed by atoms with E-state index in [9.17, 15) is 10.1 Å². The molecule has 0 saturated carbocycles. The molecule has 0 spiro atoms. The van der Waals surface area contributed by atoms with Gasteiger partial charge in [0.2, 0.25) is 0 Å². The molecule has 5 heteroatoms. The second kappa shape index (κ2) is 6.33. The van der Waals surface area contributed by atoms with Crippen molar-refractivity contribution in [2.45, 2.75) is 11.9 Å². The molecular weight excluding hydrogens is 310 g/mol. The highest BCUT2D eigenvalue weighted by atomic mass is 79.9. The van der Waals surface area contributed by atoms with Gasteiger partial charge in [0.25, 0.3) is 5.69 Å². The number of hydrogen-bond acceptors (Lipinski definition) is 3. The zero-order valence-corrected chi connectivity index (χ0v) is 11.7. The first-order chi connectivity index (χ1) is 9.20. The van der Waals surface area contributed by atoms with Gasteiger partial charge in [0.15, 0.2) is 0 Å². The standard InChI is InChI=1S/C14H12BrNO3/c15-9-12-5-1-2-7-14(12)19-10-11-4-3-6-13(8-11)16(17)18/h1-8H,9-10H2. The lowest BCUT2D eigenvalue weighted by atomic mass is 10.2. The van der Waals surface area contributed by atoms with Crippen LogP contribution >= 0.6 is 15.9 Å². The summed E-state index contributed by atoms with van der Waals surface area (Å²) >= 11 is 3.40. The van der Waals surface area contributed by atoms with Gasteiger partial charge in [-0.2, -0.15) is 0 Å². The van der Waals surface area contributed by atoms with Crippen LogP contribution in [0.15, 0.2) is 48.5 Å². The van der Waals surface area contributed by atoms with Crippen molar-refractivity contribution in [3.8, 4) is 5.75 Å². The monoisotopic (exact) mass is 321 g/mol. The fourth-order valence-electron chi connectivity index (χ4n) is 1.68. The molecular formula is C14H12BrNO3. The van der Waals surface area contributed by atoms with Crippen LogP contribution in [0.5, 0.6) is 5.75 Å². The minimum absolute atomic E-state index is 0.0786. The minimum Gasteiger partial charge on any atom is -0.489 e. The van der Waals surface area contributed by atoms with Crippen molar-refractivity contribution in [3.05, 3.63) is 69.8 Å². The van der Waals surface area contributed by atoms with Gasteiger partial charge in [-0.05, 0) is 11.6 Å². The highest BCUT2D eigenvalue weighted by molar-refractivity contribution is 9.08. The molecule has 98 valence electrons. The molecule has 0 atom stereocenters. The average molecular weight is 322 g/mol. The van der Waals surface area contributed by atoms with Crippen LogP contribution in [0.3, 0.4) is 0 Å². The van der Waals surface area contributed by atoms with Gasteiger partial charge < -0.3 is 4.74 Å². The number of non-ortho nitro benzene ring substituents is 1. The molecule has 0 aliphatic carbocycles. The maximum atomic E-state index is 10.7. The van der Waals surface area contributed by atoms with E-state index in [1.165, 1.54) is 12.1 Å². The molecule has 0 aromatic heterocycles. The summed E-state index contributed by atoms with van der Waals surface area (Å²) in [5.41, 5.74) is 1.90. The number of ether oxygens (including phenoxy) is 1. The Balaban J connectivity index is 2.10. The normalized spacial score (nSPS) is 10.2. The molecule has 19 heavy (non-hydrogen) atoms. The van der Waals surface area contributed by atoms with E-state index in [1.807, 2.05) is 30.3 Å². The van der Waals surface area contributed by atoms with Crippen LogP contribution < -0.4 is 4.74 Å². The third-order valence-corrected chi connectivity index (χ3v) is 3.24. The summed E-state index contributed by atoms with van der Waals surface area (Å²) in [6.07, 6.45) is 0. The van der Waals surface area contributed by atoms with Crippen molar-refractivity contribution in [2.75, 3.05) is 0 Å². The van der Waals surface area contributed by atoms with Crippen molar-refractivity contribution in [1.82, 2.24) is 0 Å². The fraction of sp³-hybridized carbons (Fsp3) is 0.143. The van der Waals surface area contributed by atoms with E-state index in [0.717, 1.165) is 16.9 Å². The average Bonchev–Trinajstić information content (AvgIpc) is 2.45. The van der Waals surface area contributed by atoms with Crippen LogP contribution in [-0.4, -0.2) is 4.92 Å². The Bertz CT molecular complexity index is 586. The van der Waals surface area contributed by atoms with Gasteiger partial charge in [-0.1, -0.05) is 46.3 Å². The number of rotatable bonds is 5. The molecule has 0 bridgehead atoms. The first-order valence-corrected chi connectivity index (χ1v) is 6.83. The molecule has 0 radical (unpaired) electrons. The third kappa shape index (κ3) is 3.54. The minimum atomic E-state index is -0.407. The predicted molar refractivity (Wildman–Crippen MR) is 76.5 cm³/mol. The lowest BCUT2D eigenvalue weighted by Crippen LogP contribution is -1.98. The van der Waals surface area contributed by atoms with E-state index < -0.39 is 4.92 Å². The quantitative estimate of drug-likeness (QED) is 0.474. The summed E-state index contributed by atoms with van der Waals surface area (Å²) in [6.45, 7) is 0.311. The number of alkyl halides is 1. The second-order valence-corrected chi connectivity index (χ2v) is 4.52. The molecule has 0 saturated heterocycles. The van der Waals surface area contributed by atoms with E-state index in [-0.39, 0.29) is 5.69 Å². The van der Waals surface area contributed by atoms with Gasteiger partial charge >= 0.3 is 0 Å². The zero-order chi connectivity index (χ0) is 13.7. The molecule has 0 aliphatic rings. The van der Waals surface area contributed by atoms with Gasteiger partial charge in [-0.15, -0.1) is 0 Å². The van der Waals surface area contributed by atoms with E-state index in [2.05, 4.69) is 15.9 Å². The largest absolute Gasteiger partial charge is 0.489 e. The summed E-state index contributed by atoms with van der Waals surface area (Å²) in [7, 11) is 0. The maximum absolute atomic E-state index is 10.7. The molecule has 0 heterocycles. The van der Waals surface area contributed by atoms with Crippen LogP contribution in [0.4, 0.5) is 5.69 Å². The van der Waals surface area contributed by atoms with Crippen LogP contribution in [0.2, 0.25) is 0 Å². The Morgan fingerprint density at radius 3 is 2.68 bits per heavy atom. The number of nitrogens with zero attached hydrogens (tertiary/aromatic N) is 1. The molecule has 2 rings (SSSR count). The first-order valence-electron chi connectivity index (χ1n) is 5.70. The number of hydrogen-bond donors (Lipinski definition) is 0. The summed E-state index contributed by atoms with van der Waals surface area (Å²) in [6, 6.07) is 14.2. The van der Waals surface area contributed by atoms with Crippen LogP contribution in [0, 0.1) is 10.1 Å². The summed E-state index contributed by atoms with van der Waals surface area (Å²) < 4.78 is 5.70.